The molecule has 1 heterocycles. The molecule has 19 heavy (non-hydrogen) atoms. The van der Waals surface area contributed by atoms with E-state index in [-0.39, 0.29) is 11.6 Å². The van der Waals surface area contributed by atoms with Crippen LogP contribution in [0.2, 0.25) is 0 Å². The number of ether oxygens (including phenoxy) is 1. The first-order valence-electron chi connectivity index (χ1n) is 7.56. The highest BCUT2D eigenvalue weighted by atomic mass is 35.5. The minimum Gasteiger partial charge on any atom is -0.365 e. The molecule has 1 aliphatic heterocycles. The van der Waals surface area contributed by atoms with Crippen LogP contribution in [0, 0.1) is 17.8 Å². The minimum absolute atomic E-state index is 0.161. The number of rotatable bonds is 2. The largest absolute Gasteiger partial charge is 0.365 e. The zero-order valence-electron chi connectivity index (χ0n) is 11.7. The van der Waals surface area contributed by atoms with Crippen LogP contribution in [0.3, 0.4) is 0 Å². The van der Waals surface area contributed by atoms with E-state index in [4.69, 9.17) is 16.3 Å². The van der Waals surface area contributed by atoms with Gasteiger partial charge in [-0.25, -0.2) is 5.43 Å². The van der Waals surface area contributed by atoms with Crippen molar-refractivity contribution >= 4 is 11.6 Å². The number of halogens is 1. The molecule has 3 nitrogen and oxygen atoms in total. The lowest BCUT2D eigenvalue weighted by Gasteiger charge is -2.41. The quantitative estimate of drug-likeness (QED) is 0.604. The highest BCUT2D eigenvalue weighted by Gasteiger charge is 2.44. The molecule has 0 aromatic carbocycles. The van der Waals surface area contributed by atoms with Gasteiger partial charge < -0.3 is 4.74 Å². The lowest BCUT2D eigenvalue weighted by molar-refractivity contribution is 0.0252. The summed E-state index contributed by atoms with van der Waals surface area (Å²) in [7, 11) is 1.79. The summed E-state index contributed by atoms with van der Waals surface area (Å²) in [6.07, 6.45) is 7.56. The van der Waals surface area contributed by atoms with E-state index < -0.39 is 0 Å². The Hall–Kier alpha value is -0.0900. The average molecular weight is 285 g/mol. The van der Waals surface area contributed by atoms with Gasteiger partial charge in [0.15, 0.2) is 0 Å². The number of hydrogen-bond donors (Lipinski definition) is 2. The van der Waals surface area contributed by atoms with Crippen molar-refractivity contribution in [3.63, 3.8) is 0 Å². The van der Waals surface area contributed by atoms with Crippen LogP contribution in [0.5, 0.6) is 0 Å². The first kappa shape index (κ1) is 13.9. The fraction of sp³-hybridized carbons (Fsp3) is 0.867. The second kappa shape index (κ2) is 5.72. The molecule has 2 saturated carbocycles. The molecular weight excluding hydrogens is 260 g/mol. The number of methoxy groups -OCH3 is 1. The average Bonchev–Trinajstić information content (AvgIpc) is 2.84. The van der Waals surface area contributed by atoms with Crippen molar-refractivity contribution < 1.29 is 4.74 Å². The number of hydrogen-bond acceptors (Lipinski definition) is 3. The molecule has 0 amide bonds. The lowest BCUT2D eigenvalue weighted by atomic mass is 9.68. The zero-order chi connectivity index (χ0) is 13.4. The molecule has 3 aliphatic rings. The highest BCUT2D eigenvalue weighted by Crippen LogP contribution is 2.45. The van der Waals surface area contributed by atoms with E-state index in [1.165, 1.54) is 37.7 Å². The summed E-state index contributed by atoms with van der Waals surface area (Å²) < 4.78 is 5.54. The molecule has 3 rings (SSSR count). The SMILES string of the molecule is C=C1CCCC(C2CCC3NNC(OC)C3C2)C1Cl. The van der Waals surface area contributed by atoms with Crippen LogP contribution in [-0.2, 0) is 4.74 Å². The minimum atomic E-state index is 0.161. The number of hydrazine groups is 1. The summed E-state index contributed by atoms with van der Waals surface area (Å²) in [6, 6.07) is 0.571. The predicted molar refractivity (Wildman–Crippen MR) is 77.8 cm³/mol. The van der Waals surface area contributed by atoms with Crippen molar-refractivity contribution in [2.45, 2.75) is 56.2 Å². The van der Waals surface area contributed by atoms with Crippen LogP contribution >= 0.6 is 11.6 Å². The van der Waals surface area contributed by atoms with Crippen LogP contribution in [0.4, 0.5) is 0 Å². The van der Waals surface area contributed by atoms with E-state index >= 15 is 0 Å². The van der Waals surface area contributed by atoms with Gasteiger partial charge >= 0.3 is 0 Å². The van der Waals surface area contributed by atoms with Crippen molar-refractivity contribution in [3.8, 4) is 0 Å². The Morgan fingerprint density at radius 3 is 2.84 bits per heavy atom. The van der Waals surface area contributed by atoms with Gasteiger partial charge in [0, 0.05) is 19.1 Å². The first-order valence-corrected chi connectivity index (χ1v) is 8.00. The molecule has 108 valence electrons. The Bertz CT molecular complexity index is 343. The molecule has 2 N–H and O–H groups in total. The first-order chi connectivity index (χ1) is 9.20. The van der Waals surface area contributed by atoms with Gasteiger partial charge in [-0.15, -0.1) is 11.6 Å². The topological polar surface area (TPSA) is 33.3 Å². The Balaban J connectivity index is 1.67. The van der Waals surface area contributed by atoms with Gasteiger partial charge in [-0.1, -0.05) is 12.2 Å². The molecule has 0 bridgehead atoms. The van der Waals surface area contributed by atoms with Crippen LogP contribution in [0.15, 0.2) is 12.2 Å². The normalized spacial score (nSPS) is 47.2. The molecule has 0 radical (unpaired) electrons. The van der Waals surface area contributed by atoms with E-state index in [0.29, 0.717) is 17.9 Å². The summed E-state index contributed by atoms with van der Waals surface area (Å²) in [6.45, 7) is 4.16. The van der Waals surface area contributed by atoms with E-state index in [1.807, 2.05) is 0 Å². The Labute approximate surface area is 121 Å². The van der Waals surface area contributed by atoms with E-state index in [0.717, 1.165) is 12.3 Å². The third-order valence-electron chi connectivity index (χ3n) is 5.40. The molecule has 2 aliphatic carbocycles. The smallest absolute Gasteiger partial charge is 0.124 e. The van der Waals surface area contributed by atoms with Crippen molar-refractivity contribution in [1.82, 2.24) is 10.9 Å². The molecule has 6 unspecified atom stereocenters. The summed E-state index contributed by atoms with van der Waals surface area (Å²) in [5.41, 5.74) is 7.90. The third-order valence-corrected chi connectivity index (χ3v) is 6.03. The summed E-state index contributed by atoms with van der Waals surface area (Å²) >= 11 is 6.62. The molecule has 1 saturated heterocycles. The standard InChI is InChI=1S/C15H25ClN2O/c1-9-4-3-5-11(14(9)16)10-6-7-13-12(8-10)15(19-2)18-17-13/h10-15,17-18H,1,3-8H2,2H3. The van der Waals surface area contributed by atoms with Gasteiger partial charge in [0.2, 0.25) is 0 Å². The van der Waals surface area contributed by atoms with E-state index in [2.05, 4.69) is 17.4 Å². The lowest BCUT2D eigenvalue weighted by Crippen LogP contribution is -2.40. The van der Waals surface area contributed by atoms with E-state index in [1.54, 1.807) is 7.11 Å². The zero-order valence-corrected chi connectivity index (χ0v) is 12.5. The van der Waals surface area contributed by atoms with Crippen molar-refractivity contribution in [2.24, 2.45) is 17.8 Å². The second-order valence-electron chi connectivity index (χ2n) is 6.40. The van der Waals surface area contributed by atoms with Gasteiger partial charge in [0.25, 0.3) is 0 Å². The molecule has 0 aromatic heterocycles. The maximum Gasteiger partial charge on any atom is 0.124 e. The van der Waals surface area contributed by atoms with Crippen LogP contribution in [-0.4, -0.2) is 24.8 Å². The number of allylic oxidation sites excluding steroid dienone is 1. The monoisotopic (exact) mass is 284 g/mol. The van der Waals surface area contributed by atoms with Crippen molar-refractivity contribution in [1.29, 1.82) is 0 Å². The summed E-state index contributed by atoms with van der Waals surface area (Å²) in [4.78, 5) is 0. The molecule has 4 heteroatoms. The van der Waals surface area contributed by atoms with Crippen LogP contribution < -0.4 is 10.9 Å². The molecule has 0 aromatic rings. The van der Waals surface area contributed by atoms with Crippen LogP contribution in [0.25, 0.3) is 0 Å². The summed E-state index contributed by atoms with van der Waals surface area (Å²) in [5, 5.41) is 0.193. The third kappa shape index (κ3) is 2.58. The maximum atomic E-state index is 6.62. The van der Waals surface area contributed by atoms with Gasteiger partial charge in [-0.3, -0.25) is 5.43 Å². The Morgan fingerprint density at radius 2 is 2.05 bits per heavy atom. The fourth-order valence-corrected chi connectivity index (χ4v) is 4.74. The molecule has 3 fully saturated rings. The van der Waals surface area contributed by atoms with E-state index in [9.17, 15) is 0 Å². The maximum absolute atomic E-state index is 6.62. The summed E-state index contributed by atoms with van der Waals surface area (Å²) in [5.74, 6) is 1.95. The molecular formula is C15H25ClN2O. The van der Waals surface area contributed by atoms with Crippen molar-refractivity contribution in [2.75, 3.05) is 7.11 Å². The number of nitrogens with one attached hydrogen (secondary N) is 2. The second-order valence-corrected chi connectivity index (χ2v) is 6.87. The Kier molecular flexibility index (Phi) is 4.18. The van der Waals surface area contributed by atoms with Crippen LogP contribution in [0.1, 0.15) is 38.5 Å². The van der Waals surface area contributed by atoms with Crippen molar-refractivity contribution in [3.05, 3.63) is 12.2 Å². The van der Waals surface area contributed by atoms with Gasteiger partial charge in [0.1, 0.15) is 6.23 Å². The number of alkyl halides is 1. The molecule has 6 atom stereocenters. The predicted octanol–water partition coefficient (Wildman–Crippen LogP) is 2.82. The van der Waals surface area contributed by atoms with Gasteiger partial charge in [-0.2, -0.15) is 0 Å². The molecule has 0 spiro atoms. The fourth-order valence-electron chi connectivity index (χ4n) is 4.30. The van der Waals surface area contributed by atoms with Gasteiger partial charge in [0.05, 0.1) is 5.38 Å². The highest BCUT2D eigenvalue weighted by molar-refractivity contribution is 6.22. The number of fused-ring (bicyclic) bond motifs is 1. The Morgan fingerprint density at radius 1 is 1.21 bits per heavy atom. The van der Waals surface area contributed by atoms with Gasteiger partial charge in [-0.05, 0) is 50.4 Å².